The average molecular weight is 405 g/mol. The van der Waals surface area contributed by atoms with Crippen LogP contribution in [0.3, 0.4) is 0 Å². The van der Waals surface area contributed by atoms with E-state index in [0.717, 1.165) is 36.9 Å². The van der Waals surface area contributed by atoms with Crippen LogP contribution in [0.1, 0.15) is 50.1 Å². The molecule has 2 aliphatic rings. The van der Waals surface area contributed by atoms with Crippen LogP contribution in [-0.2, 0) is 14.3 Å². The van der Waals surface area contributed by atoms with Crippen LogP contribution in [0.15, 0.2) is 65.8 Å². The van der Waals surface area contributed by atoms with Crippen molar-refractivity contribution < 1.29 is 14.3 Å². The minimum absolute atomic E-state index is 0.0905. The number of hydrazone groups is 1. The molecule has 2 aromatic rings. The minimum Gasteiger partial charge on any atom is -0.451 e. The van der Waals surface area contributed by atoms with Crippen molar-refractivity contribution in [3.8, 4) is 0 Å². The Bertz CT molecular complexity index is 892. The molecule has 1 unspecified atom stereocenters. The first-order chi connectivity index (χ1) is 14.7. The molecule has 1 N–H and O–H groups in total. The van der Waals surface area contributed by atoms with Crippen LogP contribution in [0.2, 0.25) is 0 Å². The number of carbonyl (C=O) groups excluding carboxylic acids is 2. The molecule has 0 aromatic heterocycles. The normalized spacial score (nSPS) is 19.3. The molecule has 2 aromatic carbocycles. The molecule has 30 heavy (non-hydrogen) atoms. The maximum atomic E-state index is 12.6. The quantitative estimate of drug-likeness (QED) is 0.738. The van der Waals surface area contributed by atoms with Gasteiger partial charge in [-0.3, -0.25) is 9.80 Å². The van der Waals surface area contributed by atoms with Crippen LogP contribution in [0.5, 0.6) is 0 Å². The van der Waals surface area contributed by atoms with E-state index in [2.05, 4.69) is 10.4 Å². The summed E-state index contributed by atoms with van der Waals surface area (Å²) < 4.78 is 5.29. The first kappa shape index (κ1) is 20.1. The predicted octanol–water partition coefficient (Wildman–Crippen LogP) is 3.99. The number of hydrogen-bond acceptors (Lipinski definition) is 5. The molecule has 6 nitrogen and oxygen atoms in total. The van der Waals surface area contributed by atoms with Crippen molar-refractivity contribution in [3.05, 3.63) is 66.2 Å². The van der Waals surface area contributed by atoms with Crippen molar-refractivity contribution in [2.45, 2.75) is 50.6 Å². The lowest BCUT2D eigenvalue weighted by atomic mass is 9.95. The highest BCUT2D eigenvalue weighted by Crippen LogP contribution is 2.35. The number of amides is 1. The summed E-state index contributed by atoms with van der Waals surface area (Å²) in [5.41, 5.74) is 2.31. The molecule has 1 heterocycles. The second-order valence-electron chi connectivity index (χ2n) is 7.84. The lowest BCUT2D eigenvalue weighted by molar-refractivity contribution is -0.142. The Morgan fingerprint density at radius 2 is 1.63 bits per heavy atom. The van der Waals surface area contributed by atoms with Crippen LogP contribution in [0.4, 0.5) is 5.69 Å². The van der Waals surface area contributed by atoms with Crippen LogP contribution in [0.25, 0.3) is 0 Å². The molecular formula is C24H27N3O3. The van der Waals surface area contributed by atoms with Crippen molar-refractivity contribution in [1.82, 2.24) is 5.32 Å². The summed E-state index contributed by atoms with van der Waals surface area (Å²) in [5, 5.41) is 9.38. The fourth-order valence-corrected chi connectivity index (χ4v) is 4.12. The monoisotopic (exact) mass is 405 g/mol. The number of carbonyl (C=O) groups is 2. The largest absolute Gasteiger partial charge is 0.451 e. The number of benzene rings is 2. The van der Waals surface area contributed by atoms with Crippen molar-refractivity contribution in [1.29, 1.82) is 0 Å². The fourth-order valence-electron chi connectivity index (χ4n) is 4.12. The number of para-hydroxylation sites is 1. The number of hydrogen-bond donors (Lipinski definition) is 1. The van der Waals surface area contributed by atoms with Gasteiger partial charge in [0.25, 0.3) is 5.91 Å². The van der Waals surface area contributed by atoms with Gasteiger partial charge in [-0.05, 0) is 30.5 Å². The molecule has 1 amide bonds. The van der Waals surface area contributed by atoms with Crippen molar-refractivity contribution in [3.63, 3.8) is 0 Å². The van der Waals surface area contributed by atoms with Gasteiger partial charge in [-0.25, -0.2) is 4.79 Å². The first-order valence-corrected chi connectivity index (χ1v) is 10.6. The summed E-state index contributed by atoms with van der Waals surface area (Å²) >= 11 is 0. The zero-order valence-electron chi connectivity index (χ0n) is 17.0. The average Bonchev–Trinajstić information content (AvgIpc) is 3.25. The Morgan fingerprint density at radius 3 is 2.33 bits per heavy atom. The molecule has 1 aliphatic carbocycles. The molecule has 1 aliphatic heterocycles. The summed E-state index contributed by atoms with van der Waals surface area (Å²) in [7, 11) is 0. The molecule has 1 fully saturated rings. The van der Waals surface area contributed by atoms with Gasteiger partial charge in [-0.1, -0.05) is 67.8 Å². The third kappa shape index (κ3) is 4.87. The van der Waals surface area contributed by atoms with Crippen LogP contribution in [-0.4, -0.2) is 30.2 Å². The fraction of sp³-hybridized carbons (Fsp3) is 0.375. The highest BCUT2D eigenvalue weighted by atomic mass is 16.5. The van der Waals surface area contributed by atoms with Crippen molar-refractivity contribution in [2.75, 3.05) is 11.6 Å². The highest BCUT2D eigenvalue weighted by Gasteiger charge is 2.33. The number of nitrogens with zero attached hydrogens (tertiary/aromatic N) is 2. The van der Waals surface area contributed by atoms with Gasteiger partial charge < -0.3 is 10.1 Å². The van der Waals surface area contributed by atoms with E-state index in [-0.39, 0.29) is 24.6 Å². The van der Waals surface area contributed by atoms with E-state index in [9.17, 15) is 9.59 Å². The van der Waals surface area contributed by atoms with Gasteiger partial charge in [0.15, 0.2) is 6.61 Å². The van der Waals surface area contributed by atoms with Crippen molar-refractivity contribution in [2.24, 2.45) is 5.10 Å². The van der Waals surface area contributed by atoms with Gasteiger partial charge in [0.05, 0.1) is 11.7 Å². The smallest absolute Gasteiger partial charge is 0.355 e. The highest BCUT2D eigenvalue weighted by molar-refractivity contribution is 6.37. The number of esters is 1. The molecule has 0 spiro atoms. The SMILES string of the molecule is O=C(COC(=O)C1=NN(c2ccccc2)C(c2ccccc2)C1)NC1CCCCC1. The molecule has 0 saturated heterocycles. The number of ether oxygens (including phenoxy) is 1. The number of rotatable bonds is 6. The van der Waals surface area contributed by atoms with Gasteiger partial charge in [-0.15, -0.1) is 0 Å². The summed E-state index contributed by atoms with van der Waals surface area (Å²) in [6, 6.07) is 19.8. The molecule has 0 bridgehead atoms. The van der Waals surface area contributed by atoms with E-state index in [1.165, 1.54) is 6.42 Å². The van der Waals surface area contributed by atoms with Gasteiger partial charge in [0, 0.05) is 12.5 Å². The summed E-state index contributed by atoms with van der Waals surface area (Å²) in [5.74, 6) is -0.776. The summed E-state index contributed by atoms with van der Waals surface area (Å²) in [6.07, 6.45) is 5.92. The van der Waals surface area contributed by atoms with E-state index in [1.54, 1.807) is 0 Å². The molecule has 1 saturated carbocycles. The second kappa shape index (κ2) is 9.57. The first-order valence-electron chi connectivity index (χ1n) is 10.6. The maximum Gasteiger partial charge on any atom is 0.355 e. The van der Waals surface area contributed by atoms with E-state index < -0.39 is 5.97 Å². The Morgan fingerprint density at radius 1 is 0.967 bits per heavy atom. The summed E-state index contributed by atoms with van der Waals surface area (Å²) in [6.45, 7) is -0.268. The van der Waals surface area contributed by atoms with Gasteiger partial charge >= 0.3 is 5.97 Å². The Kier molecular flexibility index (Phi) is 6.42. The van der Waals surface area contributed by atoms with Gasteiger partial charge in [0.2, 0.25) is 0 Å². The van der Waals surface area contributed by atoms with Crippen molar-refractivity contribution >= 4 is 23.3 Å². The van der Waals surface area contributed by atoms with Crippen LogP contribution >= 0.6 is 0 Å². The lowest BCUT2D eigenvalue weighted by Gasteiger charge is -2.23. The number of anilines is 1. The van der Waals surface area contributed by atoms with Crippen LogP contribution in [0, 0.1) is 0 Å². The van der Waals surface area contributed by atoms with E-state index in [4.69, 9.17) is 4.74 Å². The molecule has 1 atom stereocenters. The lowest BCUT2D eigenvalue weighted by Crippen LogP contribution is -2.39. The van der Waals surface area contributed by atoms with E-state index in [0.29, 0.717) is 12.1 Å². The third-order valence-corrected chi connectivity index (χ3v) is 5.66. The topological polar surface area (TPSA) is 71.0 Å². The van der Waals surface area contributed by atoms with Crippen LogP contribution < -0.4 is 10.3 Å². The maximum absolute atomic E-state index is 12.6. The predicted molar refractivity (Wildman–Crippen MR) is 116 cm³/mol. The number of nitrogens with one attached hydrogen (secondary N) is 1. The Balaban J connectivity index is 1.41. The zero-order chi connectivity index (χ0) is 20.8. The Hall–Kier alpha value is -3.15. The summed E-state index contributed by atoms with van der Waals surface area (Å²) in [4.78, 5) is 24.8. The zero-order valence-corrected chi connectivity index (χ0v) is 17.0. The van der Waals surface area contributed by atoms with E-state index >= 15 is 0 Å². The standard InChI is InChI=1S/C24H27N3O3/c28-23(25-19-12-6-2-7-13-19)17-30-24(29)21-16-22(18-10-4-1-5-11-18)27(26-21)20-14-8-3-9-15-20/h1,3-5,8-11,14-15,19,22H,2,6-7,12-13,16-17H2,(H,25,28). The molecular weight excluding hydrogens is 378 g/mol. The molecule has 4 rings (SSSR count). The Labute approximate surface area is 176 Å². The minimum atomic E-state index is -0.534. The molecule has 156 valence electrons. The molecule has 0 radical (unpaired) electrons. The van der Waals surface area contributed by atoms with E-state index in [1.807, 2.05) is 65.7 Å². The third-order valence-electron chi connectivity index (χ3n) is 5.66. The molecule has 6 heteroatoms. The second-order valence-corrected chi connectivity index (χ2v) is 7.84. The van der Waals surface area contributed by atoms with Gasteiger partial charge in [0.1, 0.15) is 5.71 Å². The van der Waals surface area contributed by atoms with Gasteiger partial charge in [-0.2, -0.15) is 5.10 Å².